The van der Waals surface area contributed by atoms with Crippen molar-refractivity contribution in [3.63, 3.8) is 0 Å². The molecule has 0 saturated carbocycles. The highest BCUT2D eigenvalue weighted by Gasteiger charge is 2.16. The fourth-order valence-corrected chi connectivity index (χ4v) is 4.72. The lowest BCUT2D eigenvalue weighted by Gasteiger charge is -2.10. The van der Waals surface area contributed by atoms with E-state index in [1.807, 2.05) is 18.2 Å². The molecule has 1 amide bonds. The zero-order valence-corrected chi connectivity index (χ0v) is 21.0. The number of ether oxygens (including phenoxy) is 2. The molecule has 0 bridgehead atoms. The van der Waals surface area contributed by atoms with Gasteiger partial charge in [-0.25, -0.2) is 4.98 Å². The number of carbonyl (C=O) groups is 2. The molecule has 4 aromatic rings. The number of aromatic nitrogens is 1. The summed E-state index contributed by atoms with van der Waals surface area (Å²) in [5.41, 5.74) is 5.20. The Kier molecular flexibility index (Phi) is 7.51. The predicted octanol–water partition coefficient (Wildman–Crippen LogP) is 5.80. The summed E-state index contributed by atoms with van der Waals surface area (Å²) in [5.74, 6) is 0.413. The van der Waals surface area contributed by atoms with Crippen LogP contribution >= 0.6 is 11.3 Å². The Hall–Kier alpha value is -3.65. The zero-order valence-electron chi connectivity index (χ0n) is 20.2. The highest BCUT2D eigenvalue weighted by Crippen LogP contribution is 2.29. The lowest BCUT2D eigenvalue weighted by atomic mass is 9.95. The molecule has 1 N–H and O–H groups in total. The molecule has 2 heterocycles. The third-order valence-electron chi connectivity index (χ3n) is 5.67. The number of para-hydroxylation sites is 2. The SMILES string of the molecule is COc1ccccc1NC(=O)Cc1nc(COC(=O)Cc2coc3cc(C)c(C(C)C)cc23)cs1. The van der Waals surface area contributed by atoms with Crippen LogP contribution in [-0.2, 0) is 33.8 Å². The van der Waals surface area contributed by atoms with Gasteiger partial charge in [0.05, 0.1) is 37.6 Å². The smallest absolute Gasteiger partial charge is 0.310 e. The van der Waals surface area contributed by atoms with Gasteiger partial charge in [-0.15, -0.1) is 11.3 Å². The van der Waals surface area contributed by atoms with Gasteiger partial charge in [0.1, 0.15) is 22.9 Å². The molecule has 2 aromatic heterocycles. The minimum absolute atomic E-state index is 0.0512. The third kappa shape index (κ3) is 5.89. The van der Waals surface area contributed by atoms with Crippen LogP contribution in [0.5, 0.6) is 5.75 Å². The first-order valence-electron chi connectivity index (χ1n) is 11.4. The Morgan fingerprint density at radius 3 is 2.74 bits per heavy atom. The Labute approximate surface area is 208 Å². The van der Waals surface area contributed by atoms with E-state index in [1.165, 1.54) is 22.5 Å². The molecule has 0 saturated heterocycles. The molecule has 7 nitrogen and oxygen atoms in total. The van der Waals surface area contributed by atoms with Crippen molar-refractivity contribution >= 4 is 39.9 Å². The van der Waals surface area contributed by atoms with Crippen LogP contribution in [0.1, 0.15) is 47.2 Å². The second-order valence-electron chi connectivity index (χ2n) is 8.62. The molecule has 2 aromatic carbocycles. The largest absolute Gasteiger partial charge is 0.495 e. The summed E-state index contributed by atoms with van der Waals surface area (Å²) in [4.78, 5) is 29.3. The molecule has 35 heavy (non-hydrogen) atoms. The van der Waals surface area contributed by atoms with Gasteiger partial charge >= 0.3 is 5.97 Å². The number of esters is 1. The molecule has 0 aliphatic heterocycles. The minimum Gasteiger partial charge on any atom is -0.495 e. The van der Waals surface area contributed by atoms with Gasteiger partial charge in [-0.05, 0) is 48.2 Å². The first kappa shape index (κ1) is 24.5. The molecule has 8 heteroatoms. The second-order valence-corrected chi connectivity index (χ2v) is 9.56. The molecular formula is C27H28N2O5S. The summed E-state index contributed by atoms with van der Waals surface area (Å²) in [5, 5.41) is 6.20. The predicted molar refractivity (Wildman–Crippen MR) is 136 cm³/mol. The standard InChI is InChI=1S/C27H28N2O5S/c1-16(2)20-11-21-18(13-33-24(21)9-17(20)3)10-27(31)34-14-19-15-35-26(28-19)12-25(30)29-22-7-5-6-8-23(22)32-4/h5-9,11,13,15-16H,10,12,14H2,1-4H3,(H,29,30). The van der Waals surface area contributed by atoms with Crippen LogP contribution in [0.4, 0.5) is 5.69 Å². The van der Waals surface area contributed by atoms with E-state index in [0.29, 0.717) is 28.1 Å². The number of rotatable bonds is 9. The van der Waals surface area contributed by atoms with Crippen molar-refractivity contribution in [2.24, 2.45) is 0 Å². The quantitative estimate of drug-likeness (QED) is 0.297. The van der Waals surface area contributed by atoms with E-state index < -0.39 is 0 Å². The van der Waals surface area contributed by atoms with Crippen molar-refractivity contribution in [3.8, 4) is 5.75 Å². The number of carbonyl (C=O) groups excluding carboxylic acids is 2. The number of nitrogens with zero attached hydrogens (tertiary/aromatic N) is 1. The van der Waals surface area contributed by atoms with Gasteiger partial charge in [0.2, 0.25) is 5.91 Å². The Morgan fingerprint density at radius 1 is 1.17 bits per heavy atom. The number of nitrogens with one attached hydrogen (secondary N) is 1. The Balaban J connectivity index is 1.32. The summed E-state index contributed by atoms with van der Waals surface area (Å²) >= 11 is 1.35. The molecule has 4 rings (SSSR count). The van der Waals surface area contributed by atoms with Crippen molar-refractivity contribution in [2.75, 3.05) is 12.4 Å². The number of amides is 1. The first-order valence-corrected chi connectivity index (χ1v) is 12.2. The van der Waals surface area contributed by atoms with E-state index in [4.69, 9.17) is 13.9 Å². The van der Waals surface area contributed by atoms with Gasteiger partial charge in [0, 0.05) is 16.3 Å². The fraction of sp³-hybridized carbons (Fsp3) is 0.296. The van der Waals surface area contributed by atoms with Crippen molar-refractivity contribution in [1.29, 1.82) is 0 Å². The average molecular weight is 493 g/mol. The van der Waals surface area contributed by atoms with Crippen LogP contribution in [0.25, 0.3) is 11.0 Å². The molecule has 0 radical (unpaired) electrons. The maximum atomic E-state index is 12.5. The number of hydrogen-bond acceptors (Lipinski definition) is 7. The monoisotopic (exact) mass is 492 g/mol. The number of benzene rings is 2. The van der Waals surface area contributed by atoms with E-state index in [2.05, 4.69) is 37.1 Å². The van der Waals surface area contributed by atoms with Crippen molar-refractivity contribution in [2.45, 2.75) is 46.1 Å². The minimum atomic E-state index is -0.358. The van der Waals surface area contributed by atoms with Gasteiger partial charge in [-0.2, -0.15) is 0 Å². The van der Waals surface area contributed by atoms with Gasteiger partial charge in [0.25, 0.3) is 0 Å². The molecule has 0 fully saturated rings. The van der Waals surface area contributed by atoms with Crippen LogP contribution < -0.4 is 10.1 Å². The molecule has 0 aliphatic carbocycles. The average Bonchev–Trinajstić information content (AvgIpc) is 3.43. The lowest BCUT2D eigenvalue weighted by molar-refractivity contribution is -0.144. The Bertz CT molecular complexity index is 1350. The highest BCUT2D eigenvalue weighted by molar-refractivity contribution is 7.09. The summed E-state index contributed by atoms with van der Waals surface area (Å²) in [6.45, 7) is 6.41. The maximum absolute atomic E-state index is 12.5. The molecule has 0 aliphatic rings. The molecule has 0 spiro atoms. The van der Waals surface area contributed by atoms with E-state index >= 15 is 0 Å². The number of furan rings is 1. The summed E-state index contributed by atoms with van der Waals surface area (Å²) in [7, 11) is 1.55. The van der Waals surface area contributed by atoms with Crippen molar-refractivity contribution in [3.05, 3.63) is 75.4 Å². The zero-order chi connectivity index (χ0) is 24.9. The number of thiazole rings is 1. The Morgan fingerprint density at radius 2 is 1.97 bits per heavy atom. The first-order chi connectivity index (χ1) is 16.8. The summed E-state index contributed by atoms with van der Waals surface area (Å²) < 4.78 is 16.4. The van der Waals surface area contributed by atoms with Crippen LogP contribution in [0.3, 0.4) is 0 Å². The van der Waals surface area contributed by atoms with Crippen molar-refractivity contribution in [1.82, 2.24) is 4.98 Å². The van der Waals surface area contributed by atoms with E-state index in [1.54, 1.807) is 30.9 Å². The lowest BCUT2D eigenvalue weighted by Crippen LogP contribution is -2.15. The summed E-state index contributed by atoms with van der Waals surface area (Å²) in [6.07, 6.45) is 1.86. The van der Waals surface area contributed by atoms with Crippen LogP contribution in [0.15, 0.2) is 52.5 Å². The van der Waals surface area contributed by atoms with Gasteiger partial charge in [-0.3, -0.25) is 9.59 Å². The highest BCUT2D eigenvalue weighted by atomic mass is 32.1. The number of aryl methyl sites for hydroxylation is 1. The van der Waals surface area contributed by atoms with Gasteiger partial charge in [-0.1, -0.05) is 26.0 Å². The van der Waals surface area contributed by atoms with E-state index in [-0.39, 0.29) is 31.3 Å². The van der Waals surface area contributed by atoms with E-state index in [9.17, 15) is 9.59 Å². The maximum Gasteiger partial charge on any atom is 0.310 e. The van der Waals surface area contributed by atoms with Crippen LogP contribution in [-0.4, -0.2) is 24.0 Å². The molecule has 0 atom stereocenters. The number of fused-ring (bicyclic) bond motifs is 1. The molecular weight excluding hydrogens is 464 g/mol. The number of methoxy groups -OCH3 is 1. The second kappa shape index (κ2) is 10.7. The number of anilines is 1. The molecule has 0 unspecified atom stereocenters. The topological polar surface area (TPSA) is 90.7 Å². The normalized spacial score (nSPS) is 11.1. The van der Waals surface area contributed by atoms with Crippen molar-refractivity contribution < 1.29 is 23.5 Å². The van der Waals surface area contributed by atoms with Gasteiger partial charge in [0.15, 0.2) is 0 Å². The van der Waals surface area contributed by atoms with Gasteiger partial charge < -0.3 is 19.2 Å². The van der Waals surface area contributed by atoms with Crippen LogP contribution in [0, 0.1) is 6.92 Å². The molecule has 182 valence electrons. The summed E-state index contributed by atoms with van der Waals surface area (Å²) in [6, 6.07) is 11.3. The number of hydrogen-bond donors (Lipinski definition) is 1. The fourth-order valence-electron chi connectivity index (χ4n) is 3.94. The van der Waals surface area contributed by atoms with Crippen LogP contribution in [0.2, 0.25) is 0 Å². The third-order valence-corrected chi connectivity index (χ3v) is 6.57. The van der Waals surface area contributed by atoms with E-state index in [0.717, 1.165) is 16.5 Å².